The van der Waals surface area contributed by atoms with E-state index in [0.29, 0.717) is 40.6 Å². The quantitative estimate of drug-likeness (QED) is 0.406. The molecule has 10 heteroatoms. The number of nitrogens with zero attached hydrogens (tertiary/aromatic N) is 4. The lowest BCUT2D eigenvalue weighted by molar-refractivity contribution is -0.140. The number of fused-ring (bicyclic) bond motifs is 1. The van der Waals surface area contributed by atoms with Gasteiger partial charge < -0.3 is 20.1 Å². The van der Waals surface area contributed by atoms with Gasteiger partial charge >= 0.3 is 6.18 Å². The largest absolute Gasteiger partial charge is 0.406 e. The third kappa shape index (κ3) is 7.34. The van der Waals surface area contributed by atoms with E-state index in [2.05, 4.69) is 33.5 Å². The van der Waals surface area contributed by atoms with E-state index in [0.717, 1.165) is 31.5 Å². The number of rotatable bonds is 7. The molecule has 2 aromatic heterocycles. The second-order valence-electron chi connectivity index (χ2n) is 10.6. The van der Waals surface area contributed by atoms with E-state index in [1.54, 1.807) is 51.2 Å². The van der Waals surface area contributed by atoms with E-state index in [-0.39, 0.29) is 12.5 Å². The Balaban J connectivity index is 1.44. The van der Waals surface area contributed by atoms with E-state index < -0.39 is 18.1 Å². The Bertz CT molecular complexity index is 1450. The van der Waals surface area contributed by atoms with Crippen LogP contribution < -0.4 is 10.6 Å². The van der Waals surface area contributed by atoms with Crippen molar-refractivity contribution in [3.63, 3.8) is 0 Å². The summed E-state index contributed by atoms with van der Waals surface area (Å²) in [6.45, 7) is 6.29. The average molecular weight is 551 g/mol. The summed E-state index contributed by atoms with van der Waals surface area (Å²) in [6, 6.07) is 13.2. The number of piperidine rings is 1. The summed E-state index contributed by atoms with van der Waals surface area (Å²) < 4.78 is 41.5. The molecule has 2 N–H and O–H groups in total. The van der Waals surface area contributed by atoms with Gasteiger partial charge in [-0.15, -0.1) is 0 Å². The molecule has 0 bridgehead atoms. The number of benzene rings is 1. The van der Waals surface area contributed by atoms with Gasteiger partial charge in [-0.2, -0.15) is 18.4 Å². The van der Waals surface area contributed by atoms with E-state index in [4.69, 9.17) is 0 Å². The van der Waals surface area contributed by atoms with Gasteiger partial charge in [-0.1, -0.05) is 12.0 Å². The van der Waals surface area contributed by atoms with Crippen molar-refractivity contribution in [2.24, 2.45) is 0 Å². The molecule has 1 fully saturated rings. The molecule has 0 atom stereocenters. The van der Waals surface area contributed by atoms with Crippen LogP contribution in [0.1, 0.15) is 50.6 Å². The topological polar surface area (TPSA) is 86.0 Å². The lowest BCUT2D eigenvalue weighted by Gasteiger charge is -2.31. The van der Waals surface area contributed by atoms with Crippen molar-refractivity contribution >= 4 is 22.5 Å². The van der Waals surface area contributed by atoms with Crippen molar-refractivity contribution in [1.29, 1.82) is 5.26 Å². The number of aromatic nitrogens is 2. The SMILES string of the molecule is CC(=O)N1CCC(NCc2ccc3c(c2)cc(C#CCNc2ccc(C(C)(C)C#N)nc2)n3CC(F)(F)F)CC1. The first kappa shape index (κ1) is 29.0. The molecule has 3 heterocycles. The Morgan fingerprint density at radius 2 is 1.90 bits per heavy atom. The van der Waals surface area contributed by atoms with Crippen LogP contribution in [-0.2, 0) is 23.3 Å². The molecule has 1 aromatic carbocycles. The van der Waals surface area contributed by atoms with Gasteiger partial charge in [0.2, 0.25) is 5.91 Å². The Hall–Kier alpha value is -4.02. The van der Waals surface area contributed by atoms with E-state index in [9.17, 15) is 23.2 Å². The van der Waals surface area contributed by atoms with Crippen molar-refractivity contribution in [3.8, 4) is 17.9 Å². The van der Waals surface area contributed by atoms with Crippen LogP contribution >= 0.6 is 0 Å². The molecule has 40 heavy (non-hydrogen) atoms. The Morgan fingerprint density at radius 1 is 1.15 bits per heavy atom. The highest BCUT2D eigenvalue weighted by Crippen LogP contribution is 2.27. The summed E-state index contributed by atoms with van der Waals surface area (Å²) in [5.74, 6) is 5.91. The fourth-order valence-electron chi connectivity index (χ4n) is 4.75. The normalized spacial score (nSPS) is 14.5. The summed E-state index contributed by atoms with van der Waals surface area (Å²) in [5.41, 5.74) is 2.40. The monoisotopic (exact) mass is 550 g/mol. The number of nitrogens with one attached hydrogen (secondary N) is 2. The molecule has 0 aliphatic carbocycles. The minimum atomic E-state index is -4.39. The summed E-state index contributed by atoms with van der Waals surface area (Å²) in [4.78, 5) is 17.7. The molecule has 4 rings (SSSR count). The molecule has 0 saturated carbocycles. The predicted octanol–water partition coefficient (Wildman–Crippen LogP) is 4.96. The molecule has 210 valence electrons. The Morgan fingerprint density at radius 3 is 2.52 bits per heavy atom. The number of anilines is 1. The molecule has 7 nitrogen and oxygen atoms in total. The lowest BCUT2D eigenvalue weighted by Crippen LogP contribution is -2.43. The van der Waals surface area contributed by atoms with Gasteiger partial charge in [0, 0.05) is 43.5 Å². The second kappa shape index (κ2) is 12.0. The van der Waals surface area contributed by atoms with E-state index in [1.165, 1.54) is 4.57 Å². The van der Waals surface area contributed by atoms with Crippen molar-refractivity contribution < 1.29 is 18.0 Å². The van der Waals surface area contributed by atoms with E-state index >= 15 is 0 Å². The number of nitriles is 1. The van der Waals surface area contributed by atoms with Crippen LogP contribution in [0.5, 0.6) is 0 Å². The van der Waals surface area contributed by atoms with Gasteiger partial charge in [0.25, 0.3) is 0 Å². The molecule has 0 spiro atoms. The fraction of sp³-hybridized carbons (Fsp3) is 0.433. The van der Waals surface area contributed by atoms with Crippen molar-refractivity contribution in [1.82, 2.24) is 19.8 Å². The first-order chi connectivity index (χ1) is 18.9. The molecule has 1 aliphatic heterocycles. The minimum Gasteiger partial charge on any atom is -0.373 e. The summed E-state index contributed by atoms with van der Waals surface area (Å²) in [5, 5.41) is 16.6. The molecule has 0 unspecified atom stereocenters. The molecule has 3 aromatic rings. The standard InChI is InChI=1S/C30H33F3N6O/c1-21(40)38-13-10-24(11-14-38)36-17-22-6-8-27-23(15-22)16-26(39(27)20-30(31,32)33)5-4-12-35-25-7-9-28(37-18-25)29(2,3)19-34/h6-9,15-16,18,24,35-36H,10-14,17,20H2,1-3H3. The maximum absolute atomic E-state index is 13.4. The Labute approximate surface area is 232 Å². The summed E-state index contributed by atoms with van der Waals surface area (Å²) in [6.07, 6.45) is -1.04. The second-order valence-corrected chi connectivity index (χ2v) is 10.6. The average Bonchev–Trinajstić information content (AvgIpc) is 3.25. The summed E-state index contributed by atoms with van der Waals surface area (Å²) >= 11 is 0. The lowest BCUT2D eigenvalue weighted by atomic mass is 9.91. The number of carbonyl (C=O) groups excluding carboxylic acids is 1. The number of hydrogen-bond acceptors (Lipinski definition) is 5. The molecular formula is C30H33F3N6O. The van der Waals surface area contributed by atoms with Crippen LogP contribution in [0.4, 0.5) is 18.9 Å². The number of halogens is 3. The van der Waals surface area contributed by atoms with Crippen LogP contribution in [-0.4, -0.2) is 52.2 Å². The molecule has 1 amide bonds. The van der Waals surface area contributed by atoms with Crippen molar-refractivity contribution in [2.75, 3.05) is 25.0 Å². The number of carbonyl (C=O) groups is 1. The number of likely N-dealkylation sites (tertiary alicyclic amines) is 1. The molecule has 1 aliphatic rings. The molecule has 0 radical (unpaired) electrons. The predicted molar refractivity (Wildman–Crippen MR) is 148 cm³/mol. The first-order valence-corrected chi connectivity index (χ1v) is 13.2. The van der Waals surface area contributed by atoms with Gasteiger partial charge in [-0.05, 0) is 68.5 Å². The van der Waals surface area contributed by atoms with Crippen molar-refractivity contribution in [3.05, 3.63) is 59.5 Å². The third-order valence-electron chi connectivity index (χ3n) is 7.12. The van der Waals surface area contributed by atoms with Gasteiger partial charge in [-0.25, -0.2) is 0 Å². The Kier molecular flexibility index (Phi) is 8.70. The van der Waals surface area contributed by atoms with Crippen LogP contribution in [0, 0.1) is 23.2 Å². The van der Waals surface area contributed by atoms with Gasteiger partial charge in [0.15, 0.2) is 0 Å². The molecular weight excluding hydrogens is 517 g/mol. The molecule has 1 saturated heterocycles. The van der Waals surface area contributed by atoms with Gasteiger partial charge in [0.1, 0.15) is 6.54 Å². The summed E-state index contributed by atoms with van der Waals surface area (Å²) in [7, 11) is 0. The third-order valence-corrected chi connectivity index (χ3v) is 7.12. The number of pyridine rings is 1. The maximum atomic E-state index is 13.4. The first-order valence-electron chi connectivity index (χ1n) is 13.2. The van der Waals surface area contributed by atoms with Gasteiger partial charge in [-0.3, -0.25) is 9.78 Å². The number of alkyl halides is 3. The van der Waals surface area contributed by atoms with Crippen LogP contribution in [0.2, 0.25) is 0 Å². The number of amides is 1. The highest BCUT2D eigenvalue weighted by Gasteiger charge is 2.29. The van der Waals surface area contributed by atoms with Crippen LogP contribution in [0.15, 0.2) is 42.6 Å². The van der Waals surface area contributed by atoms with Crippen LogP contribution in [0.25, 0.3) is 10.9 Å². The highest BCUT2D eigenvalue weighted by atomic mass is 19.4. The fourth-order valence-corrected chi connectivity index (χ4v) is 4.75. The minimum absolute atomic E-state index is 0.0914. The zero-order valence-corrected chi connectivity index (χ0v) is 22.9. The highest BCUT2D eigenvalue weighted by molar-refractivity contribution is 5.83. The van der Waals surface area contributed by atoms with Crippen LogP contribution in [0.3, 0.4) is 0 Å². The van der Waals surface area contributed by atoms with Gasteiger partial charge in [0.05, 0.1) is 41.3 Å². The smallest absolute Gasteiger partial charge is 0.373 e. The maximum Gasteiger partial charge on any atom is 0.406 e. The number of hydrogen-bond donors (Lipinski definition) is 2. The van der Waals surface area contributed by atoms with E-state index in [1.807, 2.05) is 17.0 Å². The zero-order valence-electron chi connectivity index (χ0n) is 22.9. The van der Waals surface area contributed by atoms with Crippen molar-refractivity contribution in [2.45, 2.75) is 64.3 Å². The zero-order chi connectivity index (χ0) is 28.9.